The van der Waals surface area contributed by atoms with E-state index < -0.39 is 0 Å². The van der Waals surface area contributed by atoms with Gasteiger partial charge in [-0.1, -0.05) is 0 Å². The lowest BCUT2D eigenvalue weighted by Gasteiger charge is -2.30. The quantitative estimate of drug-likeness (QED) is 0.827. The van der Waals surface area contributed by atoms with E-state index in [4.69, 9.17) is 9.15 Å². The molecule has 3 heterocycles. The summed E-state index contributed by atoms with van der Waals surface area (Å²) >= 11 is 5.22. The summed E-state index contributed by atoms with van der Waals surface area (Å²) in [5.41, 5.74) is 0.611. The van der Waals surface area contributed by atoms with Crippen LogP contribution in [0.4, 0.5) is 0 Å². The molecule has 0 spiro atoms. The maximum atomic E-state index is 12.8. The molecule has 0 aliphatic carbocycles. The summed E-state index contributed by atoms with van der Waals surface area (Å²) < 4.78 is 11.4. The van der Waals surface area contributed by atoms with Crippen molar-refractivity contribution in [2.45, 2.75) is 31.4 Å². The number of ether oxygens (including phenoxy) is 1. The molecule has 6 heteroatoms. The van der Waals surface area contributed by atoms with Crippen molar-refractivity contribution in [2.24, 2.45) is 0 Å². The van der Waals surface area contributed by atoms with Crippen LogP contribution in [-0.2, 0) is 4.74 Å². The van der Waals surface area contributed by atoms with E-state index in [9.17, 15) is 4.79 Å². The third kappa shape index (κ3) is 3.07. The smallest absolute Gasteiger partial charge is 0.258 e. The zero-order chi connectivity index (χ0) is 13.9. The first-order valence-electron chi connectivity index (χ1n) is 6.99. The molecule has 2 fully saturated rings. The molecule has 2 unspecified atom stereocenters. The van der Waals surface area contributed by atoms with E-state index in [1.807, 2.05) is 16.7 Å². The summed E-state index contributed by atoms with van der Waals surface area (Å²) in [6, 6.07) is 2.05. The van der Waals surface area contributed by atoms with Crippen molar-refractivity contribution in [1.29, 1.82) is 0 Å². The summed E-state index contributed by atoms with van der Waals surface area (Å²) in [5.74, 6) is 2.20. The van der Waals surface area contributed by atoms with E-state index in [-0.39, 0.29) is 12.0 Å². The molecule has 2 atom stereocenters. The Morgan fingerprint density at radius 3 is 3.00 bits per heavy atom. The van der Waals surface area contributed by atoms with Crippen LogP contribution in [-0.4, -0.2) is 47.6 Å². The minimum atomic E-state index is 0.0497. The summed E-state index contributed by atoms with van der Waals surface area (Å²) in [7, 11) is 0. The molecule has 3 rings (SSSR count). The van der Waals surface area contributed by atoms with Crippen molar-refractivity contribution < 1.29 is 13.9 Å². The average molecular weight is 360 g/mol. The van der Waals surface area contributed by atoms with E-state index >= 15 is 0 Å². The van der Waals surface area contributed by atoms with Gasteiger partial charge in [0.2, 0.25) is 0 Å². The highest BCUT2D eigenvalue weighted by Gasteiger charge is 2.32. The Kier molecular flexibility index (Phi) is 4.73. The van der Waals surface area contributed by atoms with Crippen LogP contribution in [0.5, 0.6) is 0 Å². The lowest BCUT2D eigenvalue weighted by atomic mass is 10.1. The lowest BCUT2D eigenvalue weighted by Crippen LogP contribution is -2.44. The summed E-state index contributed by atoms with van der Waals surface area (Å²) in [6.07, 6.45) is 4.96. The number of furan rings is 1. The van der Waals surface area contributed by atoms with Gasteiger partial charge in [-0.15, -0.1) is 0 Å². The SMILES string of the molecule is O=C(c1ccoc1Br)N(CC1CCCO1)C1CCSC1. The number of hydrogen-bond acceptors (Lipinski definition) is 4. The number of hydrogen-bond donors (Lipinski definition) is 0. The fourth-order valence-corrected chi connectivity index (χ4v) is 4.41. The van der Waals surface area contributed by atoms with Gasteiger partial charge in [-0.2, -0.15) is 11.8 Å². The Morgan fingerprint density at radius 2 is 2.40 bits per heavy atom. The fourth-order valence-electron chi connectivity index (χ4n) is 2.77. The van der Waals surface area contributed by atoms with Crippen molar-refractivity contribution >= 4 is 33.6 Å². The van der Waals surface area contributed by atoms with Gasteiger partial charge in [0.05, 0.1) is 17.9 Å². The standard InChI is InChI=1S/C14H18BrNO3S/c15-13-12(3-6-19-13)14(17)16(10-4-7-20-9-10)8-11-2-1-5-18-11/h3,6,10-11H,1-2,4-5,7-9H2. The second-order valence-electron chi connectivity index (χ2n) is 5.22. The molecule has 0 radical (unpaired) electrons. The van der Waals surface area contributed by atoms with Crippen molar-refractivity contribution in [3.63, 3.8) is 0 Å². The summed E-state index contributed by atoms with van der Waals surface area (Å²) in [6.45, 7) is 1.52. The van der Waals surface area contributed by atoms with Crippen molar-refractivity contribution in [3.8, 4) is 0 Å². The fraction of sp³-hybridized carbons (Fsp3) is 0.643. The van der Waals surface area contributed by atoms with E-state index in [1.54, 1.807) is 12.3 Å². The van der Waals surface area contributed by atoms with Crippen molar-refractivity contribution in [3.05, 3.63) is 22.6 Å². The number of nitrogens with zero attached hydrogens (tertiary/aromatic N) is 1. The van der Waals surface area contributed by atoms with Crippen molar-refractivity contribution in [1.82, 2.24) is 4.90 Å². The molecule has 1 aromatic heterocycles. The maximum absolute atomic E-state index is 12.8. The second-order valence-corrected chi connectivity index (χ2v) is 7.09. The van der Waals surface area contributed by atoms with Crippen LogP contribution in [0.1, 0.15) is 29.6 Å². The summed E-state index contributed by atoms with van der Waals surface area (Å²) in [4.78, 5) is 14.8. The Bertz CT molecular complexity index is 467. The molecular weight excluding hydrogens is 342 g/mol. The normalized spacial score (nSPS) is 26.1. The van der Waals surface area contributed by atoms with Crippen LogP contribution < -0.4 is 0 Å². The lowest BCUT2D eigenvalue weighted by molar-refractivity contribution is 0.0440. The number of thioether (sulfide) groups is 1. The Balaban J connectivity index is 1.76. The molecular formula is C14H18BrNO3S. The molecule has 0 aromatic carbocycles. The first-order valence-corrected chi connectivity index (χ1v) is 8.94. The van der Waals surface area contributed by atoms with Gasteiger partial charge in [-0.25, -0.2) is 0 Å². The number of rotatable bonds is 4. The van der Waals surface area contributed by atoms with Gasteiger partial charge in [-0.3, -0.25) is 4.79 Å². The summed E-state index contributed by atoms with van der Waals surface area (Å²) in [5, 5.41) is 0. The van der Waals surface area contributed by atoms with Gasteiger partial charge in [-0.05, 0) is 47.0 Å². The van der Waals surface area contributed by atoms with Gasteiger partial charge in [0.1, 0.15) is 0 Å². The minimum Gasteiger partial charge on any atom is -0.457 e. The average Bonchev–Trinajstić information content (AvgIpc) is 3.17. The van der Waals surface area contributed by atoms with Crippen LogP contribution in [0.3, 0.4) is 0 Å². The van der Waals surface area contributed by atoms with Gasteiger partial charge in [0.15, 0.2) is 4.67 Å². The van der Waals surface area contributed by atoms with Gasteiger partial charge < -0.3 is 14.1 Å². The first kappa shape index (κ1) is 14.5. The van der Waals surface area contributed by atoms with Gasteiger partial charge >= 0.3 is 0 Å². The van der Waals surface area contributed by atoms with Crippen LogP contribution >= 0.6 is 27.7 Å². The number of amides is 1. The number of carbonyl (C=O) groups is 1. The zero-order valence-electron chi connectivity index (χ0n) is 11.2. The molecule has 2 aliphatic rings. The molecule has 1 amide bonds. The first-order chi connectivity index (χ1) is 9.75. The second kappa shape index (κ2) is 6.54. The van der Waals surface area contributed by atoms with E-state index in [0.29, 0.717) is 22.8 Å². The molecule has 2 saturated heterocycles. The largest absolute Gasteiger partial charge is 0.457 e. The van der Waals surface area contributed by atoms with E-state index in [0.717, 1.165) is 37.4 Å². The monoisotopic (exact) mass is 359 g/mol. The third-order valence-electron chi connectivity index (χ3n) is 3.88. The highest BCUT2D eigenvalue weighted by Crippen LogP contribution is 2.28. The highest BCUT2D eigenvalue weighted by atomic mass is 79.9. The number of carbonyl (C=O) groups excluding carboxylic acids is 1. The molecule has 0 N–H and O–H groups in total. The third-order valence-corrected chi connectivity index (χ3v) is 5.64. The highest BCUT2D eigenvalue weighted by molar-refractivity contribution is 9.10. The molecule has 2 aliphatic heterocycles. The maximum Gasteiger partial charge on any atom is 0.258 e. The Labute approximate surface area is 131 Å². The topological polar surface area (TPSA) is 42.7 Å². The Hall–Kier alpha value is -0.460. The van der Waals surface area contributed by atoms with Crippen LogP contribution in [0, 0.1) is 0 Å². The van der Waals surface area contributed by atoms with Gasteiger partial charge in [0, 0.05) is 24.9 Å². The van der Waals surface area contributed by atoms with Crippen molar-refractivity contribution in [2.75, 3.05) is 24.7 Å². The molecule has 0 saturated carbocycles. The molecule has 110 valence electrons. The Morgan fingerprint density at radius 1 is 1.50 bits per heavy atom. The van der Waals surface area contributed by atoms with Crippen LogP contribution in [0.15, 0.2) is 21.4 Å². The van der Waals surface area contributed by atoms with E-state index in [1.165, 1.54) is 0 Å². The van der Waals surface area contributed by atoms with E-state index in [2.05, 4.69) is 15.9 Å². The number of halogens is 1. The predicted octanol–water partition coefficient (Wildman–Crippen LogP) is 3.17. The van der Waals surface area contributed by atoms with Crippen LogP contribution in [0.25, 0.3) is 0 Å². The predicted molar refractivity (Wildman–Crippen MR) is 82.1 cm³/mol. The molecule has 20 heavy (non-hydrogen) atoms. The van der Waals surface area contributed by atoms with Crippen LogP contribution in [0.2, 0.25) is 0 Å². The minimum absolute atomic E-state index is 0.0497. The molecule has 0 bridgehead atoms. The van der Waals surface area contributed by atoms with Gasteiger partial charge in [0.25, 0.3) is 5.91 Å². The molecule has 4 nitrogen and oxygen atoms in total. The zero-order valence-corrected chi connectivity index (χ0v) is 13.6. The molecule has 1 aromatic rings.